The fourth-order valence-corrected chi connectivity index (χ4v) is 5.18. The highest BCUT2D eigenvalue weighted by atomic mass is 32.3. The smallest absolute Gasteiger partial charge is 0.251 e. The Labute approximate surface area is 110 Å². The van der Waals surface area contributed by atoms with Crippen molar-refractivity contribution in [3.05, 3.63) is 48.6 Å². The molecule has 102 valence electrons. The zero-order valence-electron chi connectivity index (χ0n) is 10.7. The van der Waals surface area contributed by atoms with Gasteiger partial charge in [-0.05, 0) is 18.1 Å². The molecule has 0 saturated carbocycles. The Kier molecular flexibility index (Phi) is 4.98. The molecule has 0 aliphatic rings. The van der Waals surface area contributed by atoms with E-state index in [4.69, 9.17) is 3.63 Å². The van der Waals surface area contributed by atoms with Gasteiger partial charge in [-0.15, -0.1) is 16.9 Å². The first kappa shape index (κ1) is 15.2. The van der Waals surface area contributed by atoms with Crippen molar-refractivity contribution in [2.45, 2.75) is 5.25 Å². The Hall–Kier alpha value is -0.820. The van der Waals surface area contributed by atoms with Crippen molar-refractivity contribution >= 4 is 20.7 Å². The van der Waals surface area contributed by atoms with Crippen molar-refractivity contribution in [3.8, 4) is 0 Å². The maximum Gasteiger partial charge on any atom is 0.409 e. The van der Waals surface area contributed by atoms with Crippen molar-refractivity contribution < 1.29 is 16.2 Å². The Morgan fingerprint density at radius 1 is 1.22 bits per heavy atom. The Morgan fingerprint density at radius 3 is 2.22 bits per heavy atom. The minimum atomic E-state index is -3.95. The van der Waals surface area contributed by atoms with Crippen LogP contribution in [0.5, 0.6) is 0 Å². The molecular formula is C12H18O4S2. The summed E-state index contributed by atoms with van der Waals surface area (Å²) in [5.74, 6) is 0. The van der Waals surface area contributed by atoms with Gasteiger partial charge in [-0.25, -0.2) is 0 Å². The van der Waals surface area contributed by atoms with Gasteiger partial charge < -0.3 is 0 Å². The molecule has 0 fully saturated rings. The van der Waals surface area contributed by atoms with Gasteiger partial charge in [0, 0.05) is 0 Å². The van der Waals surface area contributed by atoms with E-state index < -0.39 is 20.7 Å². The van der Waals surface area contributed by atoms with Gasteiger partial charge in [0.05, 0.1) is 12.4 Å². The van der Waals surface area contributed by atoms with Crippen molar-refractivity contribution in [1.29, 1.82) is 0 Å². The van der Waals surface area contributed by atoms with Crippen molar-refractivity contribution in [1.82, 2.24) is 0 Å². The fourth-order valence-electron chi connectivity index (χ4n) is 1.62. The van der Waals surface area contributed by atoms with Gasteiger partial charge in [-0.3, -0.25) is 4.18 Å². The standard InChI is InChI=1S/C12H18O4S2/c1-5-12(11-9-7-6-8-10-11)17(3,4)16-18(13,14)15-2/h5-10,12H,1H2,2-4H3. The molecule has 1 rings (SSSR count). The Morgan fingerprint density at radius 2 is 1.78 bits per heavy atom. The molecular weight excluding hydrogens is 272 g/mol. The van der Waals surface area contributed by atoms with Crippen LogP contribution < -0.4 is 0 Å². The average molecular weight is 290 g/mol. The zero-order valence-corrected chi connectivity index (χ0v) is 12.3. The van der Waals surface area contributed by atoms with E-state index in [2.05, 4.69) is 10.8 Å². The van der Waals surface area contributed by atoms with Crippen LogP contribution in [0.3, 0.4) is 0 Å². The molecule has 1 atom stereocenters. The highest BCUT2D eigenvalue weighted by Gasteiger charge is 2.30. The first-order valence-corrected chi connectivity index (χ1v) is 9.01. The summed E-state index contributed by atoms with van der Waals surface area (Å²) in [5, 5.41) is -0.177. The summed E-state index contributed by atoms with van der Waals surface area (Å²) in [6, 6.07) is 9.53. The summed E-state index contributed by atoms with van der Waals surface area (Å²) in [5.41, 5.74) is 0.971. The molecule has 0 radical (unpaired) electrons. The van der Waals surface area contributed by atoms with Crippen molar-refractivity contribution in [2.75, 3.05) is 19.6 Å². The van der Waals surface area contributed by atoms with Crippen LogP contribution >= 0.6 is 10.3 Å². The Bertz CT molecular complexity index is 494. The molecule has 0 aromatic heterocycles. The van der Waals surface area contributed by atoms with Crippen LogP contribution in [-0.4, -0.2) is 28.0 Å². The van der Waals surface area contributed by atoms with E-state index in [9.17, 15) is 8.42 Å². The summed E-state index contributed by atoms with van der Waals surface area (Å²) in [6.45, 7) is 3.76. The predicted octanol–water partition coefficient (Wildman–Crippen LogP) is 2.80. The lowest BCUT2D eigenvalue weighted by molar-refractivity contribution is 0.340. The van der Waals surface area contributed by atoms with Crippen molar-refractivity contribution in [3.63, 3.8) is 0 Å². The maximum atomic E-state index is 11.4. The van der Waals surface area contributed by atoms with Gasteiger partial charge in [0.1, 0.15) is 0 Å². The quantitative estimate of drug-likeness (QED) is 0.756. The zero-order chi connectivity index (χ0) is 13.8. The molecule has 6 heteroatoms. The summed E-state index contributed by atoms with van der Waals surface area (Å²) in [4.78, 5) is 0. The molecule has 18 heavy (non-hydrogen) atoms. The van der Waals surface area contributed by atoms with Crippen LogP contribution in [0.25, 0.3) is 0 Å². The lowest BCUT2D eigenvalue weighted by Gasteiger charge is -2.36. The second kappa shape index (κ2) is 5.88. The molecule has 1 aromatic carbocycles. The van der Waals surface area contributed by atoms with E-state index in [0.29, 0.717) is 0 Å². The average Bonchev–Trinajstić information content (AvgIpc) is 2.29. The second-order valence-corrected chi connectivity index (χ2v) is 8.84. The predicted molar refractivity (Wildman–Crippen MR) is 75.8 cm³/mol. The van der Waals surface area contributed by atoms with Crippen LogP contribution in [0.4, 0.5) is 0 Å². The summed E-state index contributed by atoms with van der Waals surface area (Å²) in [6.07, 6.45) is 5.24. The summed E-state index contributed by atoms with van der Waals surface area (Å²) in [7, 11) is -4.80. The van der Waals surface area contributed by atoms with E-state index >= 15 is 0 Å². The lowest BCUT2D eigenvalue weighted by Crippen LogP contribution is -2.16. The number of hydrogen-bond acceptors (Lipinski definition) is 4. The molecule has 0 aliphatic carbocycles. The first-order chi connectivity index (χ1) is 8.32. The van der Waals surface area contributed by atoms with E-state index in [1.165, 1.54) is 0 Å². The van der Waals surface area contributed by atoms with Gasteiger partial charge >= 0.3 is 10.4 Å². The molecule has 0 aliphatic heterocycles. The maximum absolute atomic E-state index is 11.4. The minimum Gasteiger partial charge on any atom is -0.251 e. The Balaban J connectivity index is 3.05. The topological polar surface area (TPSA) is 52.6 Å². The minimum absolute atomic E-state index is 0.177. The summed E-state index contributed by atoms with van der Waals surface area (Å²) >= 11 is 0. The van der Waals surface area contributed by atoms with Gasteiger partial charge in [0.2, 0.25) is 0 Å². The second-order valence-electron chi connectivity index (χ2n) is 4.02. The number of hydrogen-bond donors (Lipinski definition) is 0. The van der Waals surface area contributed by atoms with E-state index in [1.54, 1.807) is 18.6 Å². The van der Waals surface area contributed by atoms with Crippen LogP contribution in [0.2, 0.25) is 0 Å². The molecule has 0 bridgehead atoms. The van der Waals surface area contributed by atoms with E-state index in [0.717, 1.165) is 12.7 Å². The monoisotopic (exact) mass is 290 g/mol. The highest BCUT2D eigenvalue weighted by Crippen LogP contribution is 2.57. The van der Waals surface area contributed by atoms with Crippen LogP contribution in [0, 0.1) is 0 Å². The molecule has 0 saturated heterocycles. The molecule has 1 unspecified atom stereocenters. The van der Waals surface area contributed by atoms with E-state index in [1.807, 2.05) is 30.3 Å². The number of rotatable bonds is 6. The number of benzene rings is 1. The van der Waals surface area contributed by atoms with Gasteiger partial charge in [0.25, 0.3) is 0 Å². The van der Waals surface area contributed by atoms with Gasteiger partial charge in [-0.1, -0.05) is 36.4 Å². The van der Waals surface area contributed by atoms with Crippen molar-refractivity contribution in [2.24, 2.45) is 0 Å². The fraction of sp³-hybridized carbons (Fsp3) is 0.333. The third-order valence-corrected chi connectivity index (χ3v) is 6.58. The van der Waals surface area contributed by atoms with Crippen LogP contribution in [0.15, 0.2) is 43.0 Å². The SMILES string of the molecule is C=CC(c1ccccc1)S(C)(C)OS(=O)(=O)OC. The van der Waals surface area contributed by atoms with E-state index in [-0.39, 0.29) is 5.25 Å². The third kappa shape index (κ3) is 3.84. The van der Waals surface area contributed by atoms with Crippen LogP contribution in [-0.2, 0) is 18.2 Å². The molecule has 0 spiro atoms. The molecule has 1 aromatic rings. The first-order valence-electron chi connectivity index (χ1n) is 5.23. The molecule has 0 heterocycles. The van der Waals surface area contributed by atoms with Gasteiger partial charge in [-0.2, -0.15) is 12.0 Å². The largest absolute Gasteiger partial charge is 0.409 e. The molecule has 0 N–H and O–H groups in total. The van der Waals surface area contributed by atoms with Gasteiger partial charge in [0.15, 0.2) is 0 Å². The third-order valence-electron chi connectivity index (χ3n) is 2.42. The summed E-state index contributed by atoms with van der Waals surface area (Å²) < 4.78 is 32.3. The molecule has 0 amide bonds. The molecule has 4 nitrogen and oxygen atoms in total. The highest BCUT2D eigenvalue weighted by molar-refractivity contribution is 8.32. The normalized spacial score (nSPS) is 15.1. The van der Waals surface area contributed by atoms with Crippen LogP contribution in [0.1, 0.15) is 10.8 Å². The lowest BCUT2D eigenvalue weighted by atomic mass is 10.1.